The zero-order valence-corrected chi connectivity index (χ0v) is 15.8. The van der Waals surface area contributed by atoms with E-state index in [1.807, 2.05) is 19.9 Å². The number of rotatable bonds is 6. The summed E-state index contributed by atoms with van der Waals surface area (Å²) in [5, 5.41) is 7.96. The van der Waals surface area contributed by atoms with Crippen molar-refractivity contribution >= 4 is 10.0 Å². The summed E-state index contributed by atoms with van der Waals surface area (Å²) in [5.41, 5.74) is 0.827. The minimum atomic E-state index is -3.50. The first-order valence-corrected chi connectivity index (χ1v) is 10.1. The largest absolute Gasteiger partial charge is 0.494 e. The van der Waals surface area contributed by atoms with Crippen molar-refractivity contribution in [3.63, 3.8) is 0 Å². The number of hydrogen-bond acceptors (Lipinski definition) is 6. The van der Waals surface area contributed by atoms with Crippen LogP contribution in [0.15, 0.2) is 41.3 Å². The van der Waals surface area contributed by atoms with Crippen molar-refractivity contribution in [1.29, 1.82) is 0 Å². The van der Waals surface area contributed by atoms with E-state index in [1.165, 1.54) is 4.31 Å². The average molecular weight is 377 g/mol. The van der Waals surface area contributed by atoms with Crippen LogP contribution in [0.25, 0.3) is 0 Å². The molecule has 8 heteroatoms. The third-order valence-corrected chi connectivity index (χ3v) is 6.15. The van der Waals surface area contributed by atoms with Gasteiger partial charge in [0.2, 0.25) is 15.9 Å². The summed E-state index contributed by atoms with van der Waals surface area (Å²) in [5.74, 6) is 1.14. The Morgan fingerprint density at radius 2 is 1.77 bits per heavy atom. The Labute approximate surface area is 154 Å². The molecule has 0 N–H and O–H groups in total. The fourth-order valence-electron chi connectivity index (χ4n) is 2.83. The predicted octanol–water partition coefficient (Wildman–Crippen LogP) is 2.42. The fourth-order valence-corrected chi connectivity index (χ4v) is 4.30. The highest BCUT2D eigenvalue weighted by Crippen LogP contribution is 2.24. The lowest BCUT2D eigenvalue weighted by Crippen LogP contribution is -2.41. The van der Waals surface area contributed by atoms with Gasteiger partial charge in [0.25, 0.3) is 0 Å². The maximum absolute atomic E-state index is 12.8. The van der Waals surface area contributed by atoms with E-state index in [9.17, 15) is 8.42 Å². The molecule has 0 saturated carbocycles. The molecule has 1 aromatic heterocycles. The molecule has 0 bridgehead atoms. The second-order valence-corrected chi connectivity index (χ2v) is 8.08. The van der Waals surface area contributed by atoms with E-state index < -0.39 is 10.0 Å². The summed E-state index contributed by atoms with van der Waals surface area (Å²) in [7, 11) is -3.50. The van der Waals surface area contributed by atoms with E-state index >= 15 is 0 Å². The number of ether oxygens (including phenoxy) is 2. The SMILES string of the molecule is CCOc1ccc(S(=O)(=O)N2CCC(Oc3ccc(C)nn3)CC2)cc1. The number of piperidine rings is 1. The molecular formula is C18H23N3O4S. The third kappa shape index (κ3) is 4.31. The van der Waals surface area contributed by atoms with Gasteiger partial charge in [-0.25, -0.2) is 8.42 Å². The second kappa shape index (κ2) is 8.01. The highest BCUT2D eigenvalue weighted by atomic mass is 32.2. The Morgan fingerprint density at radius 3 is 2.35 bits per heavy atom. The number of aryl methyl sites for hydroxylation is 1. The van der Waals surface area contributed by atoms with E-state index in [0.29, 0.717) is 44.2 Å². The Balaban J connectivity index is 1.60. The standard InChI is InChI=1S/C18H23N3O4S/c1-3-24-15-5-7-17(8-6-15)26(22,23)21-12-10-16(11-13-21)25-18-9-4-14(2)19-20-18/h4-9,16H,3,10-13H2,1-2H3. The van der Waals surface area contributed by atoms with Gasteiger partial charge in [-0.15, -0.1) is 5.10 Å². The van der Waals surface area contributed by atoms with E-state index in [2.05, 4.69) is 10.2 Å². The van der Waals surface area contributed by atoms with Gasteiger partial charge in [0.1, 0.15) is 11.9 Å². The Bertz CT molecular complexity index is 815. The van der Waals surface area contributed by atoms with Crippen molar-refractivity contribution in [2.45, 2.75) is 37.7 Å². The lowest BCUT2D eigenvalue weighted by Gasteiger charge is -2.31. The van der Waals surface area contributed by atoms with Crippen molar-refractivity contribution in [1.82, 2.24) is 14.5 Å². The minimum Gasteiger partial charge on any atom is -0.494 e. The molecule has 0 spiro atoms. The molecule has 0 unspecified atom stereocenters. The van der Waals surface area contributed by atoms with Crippen molar-refractivity contribution in [2.24, 2.45) is 0 Å². The van der Waals surface area contributed by atoms with E-state index in [0.717, 1.165) is 5.69 Å². The van der Waals surface area contributed by atoms with Crippen LogP contribution < -0.4 is 9.47 Å². The highest BCUT2D eigenvalue weighted by Gasteiger charge is 2.30. The topological polar surface area (TPSA) is 81.6 Å². The van der Waals surface area contributed by atoms with E-state index in [1.54, 1.807) is 30.3 Å². The van der Waals surface area contributed by atoms with Gasteiger partial charge >= 0.3 is 0 Å². The van der Waals surface area contributed by atoms with Gasteiger partial charge in [-0.3, -0.25) is 0 Å². The van der Waals surface area contributed by atoms with Crippen LogP contribution in [0.5, 0.6) is 11.6 Å². The molecule has 1 aliphatic rings. The van der Waals surface area contributed by atoms with Crippen LogP contribution in [-0.4, -0.2) is 48.7 Å². The fraction of sp³-hybridized carbons (Fsp3) is 0.444. The van der Waals surface area contributed by atoms with E-state index in [-0.39, 0.29) is 11.0 Å². The van der Waals surface area contributed by atoms with Gasteiger partial charge in [0.15, 0.2) is 0 Å². The molecule has 3 rings (SSSR count). The molecule has 1 fully saturated rings. The molecule has 26 heavy (non-hydrogen) atoms. The van der Waals surface area contributed by atoms with E-state index in [4.69, 9.17) is 9.47 Å². The average Bonchev–Trinajstić information content (AvgIpc) is 2.65. The van der Waals surface area contributed by atoms with Crippen molar-refractivity contribution < 1.29 is 17.9 Å². The molecular weight excluding hydrogens is 354 g/mol. The maximum Gasteiger partial charge on any atom is 0.243 e. The molecule has 1 aliphatic heterocycles. The lowest BCUT2D eigenvalue weighted by atomic mass is 10.1. The van der Waals surface area contributed by atoms with Crippen LogP contribution in [0.1, 0.15) is 25.5 Å². The smallest absolute Gasteiger partial charge is 0.243 e. The van der Waals surface area contributed by atoms with Crippen LogP contribution in [0.3, 0.4) is 0 Å². The van der Waals surface area contributed by atoms with Gasteiger partial charge in [0, 0.05) is 19.2 Å². The molecule has 0 radical (unpaired) electrons. The van der Waals surface area contributed by atoms with Crippen molar-refractivity contribution in [3.05, 3.63) is 42.1 Å². The first kappa shape index (κ1) is 18.6. The maximum atomic E-state index is 12.8. The molecule has 0 atom stereocenters. The molecule has 2 aromatic rings. The molecule has 0 amide bonds. The minimum absolute atomic E-state index is 0.0567. The van der Waals surface area contributed by atoms with Crippen LogP contribution in [0.4, 0.5) is 0 Å². The highest BCUT2D eigenvalue weighted by molar-refractivity contribution is 7.89. The zero-order chi connectivity index (χ0) is 18.6. The number of benzene rings is 1. The van der Waals surface area contributed by atoms with Gasteiger partial charge in [-0.1, -0.05) is 0 Å². The summed E-state index contributed by atoms with van der Waals surface area (Å²) < 4.78 is 38.2. The monoisotopic (exact) mass is 377 g/mol. The first-order valence-electron chi connectivity index (χ1n) is 8.69. The molecule has 7 nitrogen and oxygen atoms in total. The molecule has 0 aliphatic carbocycles. The summed E-state index contributed by atoms with van der Waals surface area (Å²) in [6, 6.07) is 10.2. The van der Waals surface area contributed by atoms with Gasteiger partial charge in [0.05, 0.1) is 17.2 Å². The Kier molecular flexibility index (Phi) is 5.73. The second-order valence-electron chi connectivity index (χ2n) is 6.14. The Morgan fingerprint density at radius 1 is 1.08 bits per heavy atom. The van der Waals surface area contributed by atoms with Crippen LogP contribution in [0.2, 0.25) is 0 Å². The summed E-state index contributed by atoms with van der Waals surface area (Å²) in [4.78, 5) is 0.282. The quantitative estimate of drug-likeness (QED) is 0.769. The van der Waals surface area contributed by atoms with Crippen molar-refractivity contribution in [2.75, 3.05) is 19.7 Å². The van der Waals surface area contributed by atoms with Crippen LogP contribution >= 0.6 is 0 Å². The molecule has 1 aromatic carbocycles. The molecule has 140 valence electrons. The van der Waals surface area contributed by atoms with Gasteiger partial charge in [-0.05, 0) is 57.0 Å². The predicted molar refractivity (Wildman–Crippen MR) is 96.8 cm³/mol. The summed E-state index contributed by atoms with van der Waals surface area (Å²) in [6.45, 7) is 5.13. The summed E-state index contributed by atoms with van der Waals surface area (Å²) in [6.07, 6.45) is 1.18. The lowest BCUT2D eigenvalue weighted by molar-refractivity contribution is 0.128. The molecule has 2 heterocycles. The van der Waals surface area contributed by atoms with Gasteiger partial charge in [-0.2, -0.15) is 9.40 Å². The zero-order valence-electron chi connectivity index (χ0n) is 15.0. The summed E-state index contributed by atoms with van der Waals surface area (Å²) >= 11 is 0. The third-order valence-electron chi connectivity index (χ3n) is 4.23. The number of sulfonamides is 1. The van der Waals surface area contributed by atoms with Crippen molar-refractivity contribution in [3.8, 4) is 11.6 Å². The number of hydrogen-bond donors (Lipinski definition) is 0. The van der Waals surface area contributed by atoms with Gasteiger partial charge < -0.3 is 9.47 Å². The normalized spacial score (nSPS) is 16.4. The van der Waals surface area contributed by atoms with Crippen LogP contribution in [-0.2, 0) is 10.0 Å². The first-order chi connectivity index (χ1) is 12.5. The Hall–Kier alpha value is -2.19. The number of nitrogens with zero attached hydrogens (tertiary/aromatic N) is 3. The molecule has 1 saturated heterocycles. The number of aromatic nitrogens is 2. The van der Waals surface area contributed by atoms with Crippen LogP contribution in [0, 0.1) is 6.92 Å².